The number of amides is 1. The Bertz CT molecular complexity index is 1260. The van der Waals surface area contributed by atoms with E-state index in [0.29, 0.717) is 24.2 Å². The lowest BCUT2D eigenvalue weighted by molar-refractivity contribution is 0.0628. The molecule has 8 heteroatoms. The number of carbonyl (C=O) groups is 1. The van der Waals surface area contributed by atoms with Crippen LogP contribution >= 0.6 is 0 Å². The molecule has 5 rings (SSSR count). The number of aryl methyl sites for hydroxylation is 1. The van der Waals surface area contributed by atoms with Gasteiger partial charge in [-0.2, -0.15) is 0 Å². The van der Waals surface area contributed by atoms with Crippen LogP contribution in [0.15, 0.2) is 51.9 Å². The van der Waals surface area contributed by atoms with Gasteiger partial charge in [0, 0.05) is 57.6 Å². The monoisotopic (exact) mass is 391 g/mol. The summed E-state index contributed by atoms with van der Waals surface area (Å²) in [4.78, 5) is 36.0. The molecule has 1 amide bonds. The number of carbonyl (C=O) groups excluding carboxylic acids is 1. The van der Waals surface area contributed by atoms with Crippen molar-refractivity contribution in [2.75, 3.05) is 26.2 Å². The smallest absolute Gasteiger partial charge is 0.408 e. The second-order valence-electron chi connectivity index (χ2n) is 7.44. The Morgan fingerprint density at radius 3 is 2.83 bits per heavy atom. The number of oxazole rings is 1. The van der Waals surface area contributed by atoms with Gasteiger partial charge < -0.3 is 14.3 Å². The molecule has 0 atom stereocenters. The number of H-pyrrole nitrogens is 1. The highest BCUT2D eigenvalue weighted by molar-refractivity contribution is 5.97. The number of fused-ring (bicyclic) bond motifs is 2. The third kappa shape index (κ3) is 3.21. The Kier molecular flexibility index (Phi) is 4.21. The van der Waals surface area contributed by atoms with Crippen LogP contribution in [0, 0.1) is 0 Å². The number of nitrogens with one attached hydrogen (secondary N) is 1. The van der Waals surface area contributed by atoms with Crippen LogP contribution in [0.5, 0.6) is 0 Å². The van der Waals surface area contributed by atoms with E-state index in [9.17, 15) is 9.59 Å². The number of nitrogens with zero attached hydrogens (tertiary/aromatic N) is 4. The molecule has 29 heavy (non-hydrogen) atoms. The van der Waals surface area contributed by atoms with Gasteiger partial charge in [0.25, 0.3) is 5.91 Å². The van der Waals surface area contributed by atoms with E-state index in [1.807, 2.05) is 41.4 Å². The normalized spacial score (nSPS) is 15.4. The summed E-state index contributed by atoms with van der Waals surface area (Å²) in [6.07, 6.45) is 3.46. The lowest BCUT2D eigenvalue weighted by Crippen LogP contribution is -2.48. The highest BCUT2D eigenvalue weighted by Crippen LogP contribution is 2.18. The van der Waals surface area contributed by atoms with Crippen LogP contribution in [0.2, 0.25) is 0 Å². The second kappa shape index (κ2) is 6.89. The summed E-state index contributed by atoms with van der Waals surface area (Å²) < 4.78 is 6.71. The summed E-state index contributed by atoms with van der Waals surface area (Å²) in [5.41, 5.74) is 3.93. The van der Waals surface area contributed by atoms with Gasteiger partial charge in [0.05, 0.1) is 11.1 Å². The molecule has 1 aliphatic rings. The zero-order valence-electron chi connectivity index (χ0n) is 16.1. The molecule has 1 aromatic carbocycles. The first-order valence-electron chi connectivity index (χ1n) is 9.62. The van der Waals surface area contributed by atoms with Crippen LogP contribution in [0.3, 0.4) is 0 Å². The first-order valence-corrected chi connectivity index (χ1v) is 9.62. The SMILES string of the molecule is Cn1c(=O)oc2ccc(CN3CCN(C(=O)c4cnc5[nH]ccc5c4)CC3)cc21. The molecule has 4 aromatic rings. The highest BCUT2D eigenvalue weighted by atomic mass is 16.4. The van der Waals surface area contributed by atoms with Gasteiger partial charge in [-0.05, 0) is 29.8 Å². The quantitative estimate of drug-likeness (QED) is 0.577. The first-order chi connectivity index (χ1) is 14.1. The number of aromatic amines is 1. The zero-order chi connectivity index (χ0) is 20.0. The summed E-state index contributed by atoms with van der Waals surface area (Å²) in [5.74, 6) is -0.327. The number of aromatic nitrogens is 3. The molecular formula is C21H21N5O3. The third-order valence-electron chi connectivity index (χ3n) is 5.57. The van der Waals surface area contributed by atoms with Gasteiger partial charge in [0.2, 0.25) is 0 Å². The van der Waals surface area contributed by atoms with Crippen LogP contribution in [-0.4, -0.2) is 56.4 Å². The van der Waals surface area contributed by atoms with Gasteiger partial charge >= 0.3 is 5.76 Å². The molecule has 0 aliphatic carbocycles. The van der Waals surface area contributed by atoms with Crippen molar-refractivity contribution in [3.05, 3.63) is 64.4 Å². The predicted molar refractivity (Wildman–Crippen MR) is 109 cm³/mol. The average molecular weight is 391 g/mol. The summed E-state index contributed by atoms with van der Waals surface area (Å²) in [6, 6.07) is 9.63. The second-order valence-corrected chi connectivity index (χ2v) is 7.44. The van der Waals surface area contributed by atoms with E-state index in [-0.39, 0.29) is 11.7 Å². The van der Waals surface area contributed by atoms with Crippen LogP contribution in [-0.2, 0) is 13.6 Å². The number of hydrogen-bond acceptors (Lipinski definition) is 5. The van der Waals surface area contributed by atoms with Gasteiger partial charge in [-0.15, -0.1) is 0 Å². The number of hydrogen-bond donors (Lipinski definition) is 1. The Labute approximate surface area is 166 Å². The lowest BCUT2D eigenvalue weighted by Gasteiger charge is -2.34. The first kappa shape index (κ1) is 17.7. The highest BCUT2D eigenvalue weighted by Gasteiger charge is 2.23. The van der Waals surface area contributed by atoms with Crippen molar-refractivity contribution in [3.63, 3.8) is 0 Å². The van der Waals surface area contributed by atoms with E-state index in [0.717, 1.165) is 41.7 Å². The Morgan fingerprint density at radius 1 is 1.17 bits per heavy atom. The van der Waals surface area contributed by atoms with Gasteiger partial charge in [-0.25, -0.2) is 9.78 Å². The van der Waals surface area contributed by atoms with Gasteiger partial charge in [0.15, 0.2) is 5.58 Å². The van der Waals surface area contributed by atoms with Crippen molar-refractivity contribution in [3.8, 4) is 0 Å². The van der Waals surface area contributed by atoms with Crippen molar-refractivity contribution in [2.24, 2.45) is 7.05 Å². The largest absolute Gasteiger partial charge is 0.419 e. The van der Waals surface area contributed by atoms with Gasteiger partial charge in [-0.1, -0.05) is 6.07 Å². The molecule has 0 spiro atoms. The number of piperazine rings is 1. The minimum atomic E-state index is -0.350. The lowest BCUT2D eigenvalue weighted by atomic mass is 10.1. The summed E-state index contributed by atoms with van der Waals surface area (Å²) in [6.45, 7) is 3.73. The van der Waals surface area contributed by atoms with Crippen LogP contribution in [0.1, 0.15) is 15.9 Å². The van der Waals surface area contributed by atoms with Crippen molar-refractivity contribution < 1.29 is 9.21 Å². The molecule has 0 unspecified atom stereocenters. The minimum absolute atomic E-state index is 0.0232. The molecular weight excluding hydrogens is 370 g/mol. The fourth-order valence-electron chi connectivity index (χ4n) is 3.88. The van der Waals surface area contributed by atoms with Crippen LogP contribution in [0.25, 0.3) is 22.1 Å². The standard InChI is InChI=1S/C21H21N5O3/c1-24-17-10-14(2-3-18(17)29-21(24)28)13-25-6-8-26(9-7-25)20(27)16-11-15-4-5-22-19(15)23-12-16/h2-5,10-12H,6-9,13H2,1H3,(H,22,23). The van der Waals surface area contributed by atoms with Gasteiger partial charge in [0.1, 0.15) is 5.65 Å². The molecule has 0 radical (unpaired) electrons. The van der Waals surface area contributed by atoms with Crippen LogP contribution < -0.4 is 5.76 Å². The van der Waals surface area contributed by atoms with E-state index < -0.39 is 0 Å². The average Bonchev–Trinajstić information content (AvgIpc) is 3.32. The molecule has 0 bridgehead atoms. The maximum absolute atomic E-state index is 12.8. The summed E-state index contributed by atoms with van der Waals surface area (Å²) >= 11 is 0. The number of rotatable bonds is 3. The molecule has 1 saturated heterocycles. The zero-order valence-corrected chi connectivity index (χ0v) is 16.1. The van der Waals surface area contributed by atoms with E-state index in [2.05, 4.69) is 14.9 Å². The molecule has 3 aromatic heterocycles. The molecule has 0 saturated carbocycles. The van der Waals surface area contributed by atoms with Crippen LogP contribution in [0.4, 0.5) is 0 Å². The Balaban J connectivity index is 1.24. The molecule has 1 N–H and O–H groups in total. The molecule has 1 aliphatic heterocycles. The van der Waals surface area contributed by atoms with Crippen molar-refractivity contribution in [1.29, 1.82) is 0 Å². The number of pyridine rings is 1. The summed E-state index contributed by atoms with van der Waals surface area (Å²) in [7, 11) is 1.71. The third-order valence-corrected chi connectivity index (χ3v) is 5.57. The summed E-state index contributed by atoms with van der Waals surface area (Å²) in [5, 5.41) is 0.943. The maximum Gasteiger partial charge on any atom is 0.419 e. The predicted octanol–water partition coefficient (Wildman–Crippen LogP) is 1.97. The fraction of sp³-hybridized carbons (Fsp3) is 0.286. The maximum atomic E-state index is 12.8. The van der Waals surface area contributed by atoms with Crippen molar-refractivity contribution in [2.45, 2.75) is 6.54 Å². The van der Waals surface area contributed by atoms with Crippen molar-refractivity contribution >= 4 is 28.0 Å². The fourth-order valence-corrected chi connectivity index (χ4v) is 3.88. The Morgan fingerprint density at radius 2 is 2.00 bits per heavy atom. The number of benzene rings is 1. The van der Waals surface area contributed by atoms with E-state index >= 15 is 0 Å². The van der Waals surface area contributed by atoms with Crippen molar-refractivity contribution in [1.82, 2.24) is 24.3 Å². The molecule has 4 heterocycles. The van der Waals surface area contributed by atoms with E-state index in [1.54, 1.807) is 13.2 Å². The topological polar surface area (TPSA) is 87.4 Å². The van der Waals surface area contributed by atoms with Gasteiger partial charge in [-0.3, -0.25) is 14.3 Å². The minimum Gasteiger partial charge on any atom is -0.408 e. The Hall–Kier alpha value is -3.39. The molecule has 8 nitrogen and oxygen atoms in total. The van der Waals surface area contributed by atoms with E-state index in [1.165, 1.54) is 4.57 Å². The molecule has 148 valence electrons. The van der Waals surface area contributed by atoms with E-state index in [4.69, 9.17) is 4.42 Å². The molecule has 1 fully saturated rings.